The molecule has 1 aliphatic carbocycles. The van der Waals surface area contributed by atoms with Crippen LogP contribution < -0.4 is 21.7 Å². The molecule has 0 amide bonds. The second kappa shape index (κ2) is 12.6. The second-order valence-corrected chi connectivity index (χ2v) is 14.3. The van der Waals surface area contributed by atoms with E-state index in [2.05, 4.69) is 32.7 Å². The van der Waals surface area contributed by atoms with Crippen molar-refractivity contribution < 1.29 is 8.96 Å². The third-order valence-electron chi connectivity index (χ3n) is 7.20. The number of aromatic nitrogens is 2. The number of aryl methyl sites for hydroxylation is 3. The maximum atomic E-state index is 14.9. The monoisotopic (exact) mass is 557 g/mol. The molecule has 9 heteroatoms. The molecule has 1 atom stereocenters. The van der Waals surface area contributed by atoms with Crippen LogP contribution in [0.5, 0.6) is 0 Å². The van der Waals surface area contributed by atoms with Gasteiger partial charge in [-0.1, -0.05) is 36.9 Å². The van der Waals surface area contributed by atoms with Crippen molar-refractivity contribution in [3.63, 3.8) is 0 Å². The van der Waals surface area contributed by atoms with Gasteiger partial charge in [0.15, 0.2) is 5.82 Å². The van der Waals surface area contributed by atoms with Gasteiger partial charge in [0.1, 0.15) is 18.0 Å². The summed E-state index contributed by atoms with van der Waals surface area (Å²) in [6, 6.07) is 9.56. The molecule has 1 aliphatic rings. The zero-order chi connectivity index (χ0) is 27.3. The van der Waals surface area contributed by atoms with Crippen LogP contribution >= 0.6 is 18.7 Å². The highest BCUT2D eigenvalue weighted by atomic mass is 35.5. The molecule has 4 rings (SSSR count). The van der Waals surface area contributed by atoms with Gasteiger partial charge in [-0.3, -0.25) is 0 Å². The minimum atomic E-state index is -2.77. The number of nitrogens with two attached hydrogens (primary N) is 1. The van der Waals surface area contributed by atoms with E-state index in [1.807, 2.05) is 6.07 Å². The zero-order valence-corrected chi connectivity index (χ0v) is 24.1. The van der Waals surface area contributed by atoms with E-state index >= 15 is 0 Å². The van der Waals surface area contributed by atoms with Gasteiger partial charge in [0.25, 0.3) is 0 Å². The number of rotatable bonds is 10. The molecule has 1 aromatic heterocycles. The average Bonchev–Trinajstić information content (AvgIpc) is 3.06. The maximum absolute atomic E-state index is 14.9. The van der Waals surface area contributed by atoms with Crippen LogP contribution in [0.3, 0.4) is 0 Å². The summed E-state index contributed by atoms with van der Waals surface area (Å²) in [6.07, 6.45) is 11.0. The van der Waals surface area contributed by atoms with Crippen LogP contribution in [0.25, 0.3) is 0 Å². The Morgan fingerprint density at radius 2 is 1.84 bits per heavy atom. The predicted molar refractivity (Wildman–Crippen MR) is 158 cm³/mol. The van der Waals surface area contributed by atoms with Gasteiger partial charge in [-0.2, -0.15) is 4.98 Å². The van der Waals surface area contributed by atoms with E-state index < -0.39 is 13.0 Å². The molecule has 1 heterocycles. The first-order valence-corrected chi connectivity index (χ1v) is 16.4. The Labute approximate surface area is 230 Å². The van der Waals surface area contributed by atoms with Gasteiger partial charge in [-0.05, 0) is 106 Å². The number of hydrogen-bond donors (Lipinski definition) is 3. The predicted octanol–water partition coefficient (Wildman–Crippen LogP) is 7.33. The molecule has 3 aromatic rings. The molecule has 0 aliphatic heterocycles. The van der Waals surface area contributed by atoms with E-state index in [0.717, 1.165) is 37.4 Å². The van der Waals surface area contributed by atoms with Gasteiger partial charge in [-0.15, -0.1) is 0 Å². The highest BCUT2D eigenvalue weighted by Gasteiger charge is 2.22. The lowest BCUT2D eigenvalue weighted by atomic mass is 9.93. The number of fused-ring (bicyclic) bond motifs is 1. The van der Waals surface area contributed by atoms with E-state index in [1.54, 1.807) is 26.3 Å². The highest BCUT2D eigenvalue weighted by Crippen LogP contribution is 2.40. The van der Waals surface area contributed by atoms with Crippen LogP contribution in [-0.2, 0) is 17.4 Å². The highest BCUT2D eigenvalue weighted by molar-refractivity contribution is 7.70. The maximum Gasteiger partial charge on any atom is 0.229 e. The SMILES string of the molecule is Cc1cc(F)c(Nc2nc(Nc3ccc4c(c3)CC[C@@H](CCCCCN)CC4)ncc2Cl)c(P(C)(C)=O)c1. The Morgan fingerprint density at radius 1 is 1.08 bits per heavy atom. The minimum Gasteiger partial charge on any atom is -0.336 e. The van der Waals surface area contributed by atoms with Crippen LogP contribution in [0, 0.1) is 18.7 Å². The van der Waals surface area contributed by atoms with E-state index in [4.69, 9.17) is 17.3 Å². The zero-order valence-electron chi connectivity index (χ0n) is 22.5. The van der Waals surface area contributed by atoms with Gasteiger partial charge >= 0.3 is 0 Å². The minimum absolute atomic E-state index is 0.123. The van der Waals surface area contributed by atoms with Crippen LogP contribution in [0.15, 0.2) is 36.5 Å². The number of benzene rings is 2. The van der Waals surface area contributed by atoms with E-state index in [1.165, 1.54) is 55.5 Å². The normalized spacial score (nSPS) is 15.6. The molecule has 0 radical (unpaired) electrons. The number of anilines is 4. The molecular weight excluding hydrogens is 520 g/mol. The standard InChI is InChI=1S/C29H38ClFN5OP/c1-19-15-25(31)27(26(16-19)38(2,3)37)35-28-24(30)18-33-29(36-28)34-23-13-12-21-10-8-20(7-5-4-6-14-32)9-11-22(21)17-23/h12-13,15-18,20H,4-11,14,32H2,1-3H3,(H2,33,34,35,36)/t20-/m0/s1. The van der Waals surface area contributed by atoms with Crippen molar-refractivity contribution >= 4 is 47.2 Å². The van der Waals surface area contributed by atoms with Crippen molar-refractivity contribution in [1.29, 1.82) is 0 Å². The number of halogens is 2. The fraction of sp³-hybridized carbons (Fsp3) is 0.448. The number of nitrogens with zero attached hydrogens (tertiary/aromatic N) is 2. The third-order valence-corrected chi connectivity index (χ3v) is 8.99. The van der Waals surface area contributed by atoms with Crippen molar-refractivity contribution in [2.24, 2.45) is 11.7 Å². The summed E-state index contributed by atoms with van der Waals surface area (Å²) in [4.78, 5) is 8.83. The number of unbranched alkanes of at least 4 members (excludes halogenated alkanes) is 2. The van der Waals surface area contributed by atoms with E-state index in [-0.39, 0.29) is 16.5 Å². The van der Waals surface area contributed by atoms with Crippen molar-refractivity contribution in [2.75, 3.05) is 30.5 Å². The first-order chi connectivity index (χ1) is 18.1. The molecule has 38 heavy (non-hydrogen) atoms. The number of hydrogen-bond acceptors (Lipinski definition) is 6. The van der Waals surface area contributed by atoms with Crippen molar-refractivity contribution in [3.8, 4) is 0 Å². The van der Waals surface area contributed by atoms with Crippen LogP contribution in [-0.4, -0.2) is 29.8 Å². The fourth-order valence-corrected chi connectivity index (χ4v) is 6.48. The molecule has 2 aromatic carbocycles. The van der Waals surface area contributed by atoms with E-state index in [0.29, 0.717) is 16.8 Å². The summed E-state index contributed by atoms with van der Waals surface area (Å²) in [5, 5.41) is 6.91. The molecule has 4 N–H and O–H groups in total. The average molecular weight is 558 g/mol. The summed E-state index contributed by atoms with van der Waals surface area (Å²) in [5.41, 5.74) is 10.1. The molecule has 0 spiro atoms. The largest absolute Gasteiger partial charge is 0.336 e. The Balaban J connectivity index is 1.49. The molecular formula is C29H38ClFN5OP. The van der Waals surface area contributed by atoms with Gasteiger partial charge < -0.3 is 20.9 Å². The Kier molecular flexibility index (Phi) is 9.45. The molecule has 0 unspecified atom stereocenters. The van der Waals surface area contributed by atoms with Crippen molar-refractivity contribution in [1.82, 2.24) is 9.97 Å². The quantitative estimate of drug-likeness (QED) is 0.137. The third kappa shape index (κ3) is 7.34. The topological polar surface area (TPSA) is 92.9 Å². The summed E-state index contributed by atoms with van der Waals surface area (Å²) in [6.45, 7) is 5.78. The van der Waals surface area contributed by atoms with E-state index in [9.17, 15) is 8.96 Å². The summed E-state index contributed by atoms with van der Waals surface area (Å²) < 4.78 is 27.8. The van der Waals surface area contributed by atoms with Crippen LogP contribution in [0.2, 0.25) is 5.02 Å². The number of nitrogens with one attached hydrogen (secondary N) is 2. The molecule has 204 valence electrons. The van der Waals surface area contributed by atoms with Gasteiger partial charge in [0, 0.05) is 11.0 Å². The first kappa shape index (κ1) is 28.5. The van der Waals surface area contributed by atoms with Crippen molar-refractivity contribution in [2.45, 2.75) is 58.3 Å². The molecule has 0 bridgehead atoms. The molecule has 0 saturated heterocycles. The molecule has 0 saturated carbocycles. The first-order valence-electron chi connectivity index (χ1n) is 13.4. The van der Waals surface area contributed by atoms with Crippen LogP contribution in [0.1, 0.15) is 55.2 Å². The van der Waals surface area contributed by atoms with Gasteiger partial charge in [0.2, 0.25) is 5.95 Å². The lowest BCUT2D eigenvalue weighted by Gasteiger charge is -2.17. The Hall–Kier alpha value is -2.47. The fourth-order valence-electron chi connectivity index (χ4n) is 5.12. The molecule has 6 nitrogen and oxygen atoms in total. The summed E-state index contributed by atoms with van der Waals surface area (Å²) in [5.74, 6) is 0.845. The summed E-state index contributed by atoms with van der Waals surface area (Å²) in [7, 11) is -2.77. The summed E-state index contributed by atoms with van der Waals surface area (Å²) >= 11 is 6.37. The smallest absolute Gasteiger partial charge is 0.229 e. The Morgan fingerprint density at radius 3 is 2.58 bits per heavy atom. The second-order valence-electron chi connectivity index (χ2n) is 10.7. The van der Waals surface area contributed by atoms with Crippen molar-refractivity contribution in [3.05, 3.63) is 64.1 Å². The molecule has 0 fully saturated rings. The van der Waals surface area contributed by atoms with Gasteiger partial charge in [0.05, 0.1) is 11.9 Å². The van der Waals surface area contributed by atoms with Gasteiger partial charge in [-0.25, -0.2) is 9.37 Å². The Bertz CT molecular complexity index is 1330. The lowest BCUT2D eigenvalue weighted by molar-refractivity contribution is 0.411. The van der Waals surface area contributed by atoms with Crippen LogP contribution in [0.4, 0.5) is 27.5 Å². The lowest BCUT2D eigenvalue weighted by Crippen LogP contribution is -2.14.